The molecule has 2 fully saturated rings. The van der Waals surface area contributed by atoms with Crippen molar-refractivity contribution < 1.29 is 4.52 Å². The summed E-state index contributed by atoms with van der Waals surface area (Å²) in [5, 5.41) is 7.63. The van der Waals surface area contributed by atoms with E-state index in [4.69, 9.17) is 10.3 Å². The summed E-state index contributed by atoms with van der Waals surface area (Å²) in [6.07, 6.45) is 7.73. The van der Waals surface area contributed by atoms with E-state index in [2.05, 4.69) is 22.4 Å². The molecule has 0 radical (unpaired) electrons. The molecule has 1 atom stereocenters. The Morgan fingerprint density at radius 2 is 1.75 bits per heavy atom. The van der Waals surface area contributed by atoms with Gasteiger partial charge in [0.15, 0.2) is 5.82 Å². The molecule has 0 aromatic carbocycles. The second kappa shape index (κ2) is 6.60. The Morgan fingerprint density at radius 1 is 1.10 bits per heavy atom. The molecule has 2 aliphatic rings. The van der Waals surface area contributed by atoms with Crippen molar-refractivity contribution in [2.75, 3.05) is 6.54 Å². The molecule has 1 aromatic heterocycles. The van der Waals surface area contributed by atoms with E-state index in [1.54, 1.807) is 0 Å². The molecule has 0 amide bonds. The molecule has 116 valence electrons. The van der Waals surface area contributed by atoms with Crippen molar-refractivity contribution >= 4 is 24.8 Å². The molecule has 7 heteroatoms. The Morgan fingerprint density at radius 3 is 2.35 bits per heavy atom. The standard InChI is InChI=1S/C13H22N4O.2ClH/c1-12(6-4-5-9-15-12)11-16-10(17-18-11)13(14)7-2-3-8-13;;/h15H,2-9,14H2,1H3;2*1H. The van der Waals surface area contributed by atoms with E-state index in [0.717, 1.165) is 38.6 Å². The van der Waals surface area contributed by atoms with E-state index in [1.165, 1.54) is 12.8 Å². The number of aromatic nitrogens is 2. The molecular formula is C13H24Cl2N4O. The van der Waals surface area contributed by atoms with Crippen LogP contribution in [0.2, 0.25) is 0 Å². The third-order valence-corrected chi connectivity index (χ3v) is 4.46. The van der Waals surface area contributed by atoms with Gasteiger partial charge in [-0.15, -0.1) is 24.8 Å². The summed E-state index contributed by atoms with van der Waals surface area (Å²) in [5.74, 6) is 1.40. The lowest BCUT2D eigenvalue weighted by Gasteiger charge is -2.31. The van der Waals surface area contributed by atoms with Crippen LogP contribution in [0.3, 0.4) is 0 Å². The van der Waals surface area contributed by atoms with Crippen molar-refractivity contribution in [2.24, 2.45) is 5.73 Å². The van der Waals surface area contributed by atoms with Crippen molar-refractivity contribution in [1.82, 2.24) is 15.5 Å². The van der Waals surface area contributed by atoms with Crippen LogP contribution in [0, 0.1) is 0 Å². The molecule has 1 saturated heterocycles. The van der Waals surface area contributed by atoms with Crippen LogP contribution in [0.15, 0.2) is 4.52 Å². The first kappa shape index (κ1) is 17.7. The molecule has 1 aliphatic heterocycles. The molecule has 2 heterocycles. The van der Waals surface area contributed by atoms with Gasteiger partial charge in [-0.05, 0) is 45.6 Å². The summed E-state index contributed by atoms with van der Waals surface area (Å²) in [4.78, 5) is 4.59. The van der Waals surface area contributed by atoms with Gasteiger partial charge in [-0.2, -0.15) is 4.98 Å². The summed E-state index contributed by atoms with van der Waals surface area (Å²) < 4.78 is 5.48. The van der Waals surface area contributed by atoms with E-state index in [-0.39, 0.29) is 35.9 Å². The normalized spacial score (nSPS) is 28.5. The molecule has 1 aliphatic carbocycles. The van der Waals surface area contributed by atoms with Gasteiger partial charge in [-0.3, -0.25) is 0 Å². The van der Waals surface area contributed by atoms with Crippen LogP contribution >= 0.6 is 24.8 Å². The van der Waals surface area contributed by atoms with Crippen LogP contribution in [-0.4, -0.2) is 16.7 Å². The van der Waals surface area contributed by atoms with Gasteiger partial charge in [0.2, 0.25) is 5.89 Å². The maximum atomic E-state index is 6.36. The highest BCUT2D eigenvalue weighted by molar-refractivity contribution is 5.85. The van der Waals surface area contributed by atoms with Gasteiger partial charge in [0.05, 0.1) is 11.1 Å². The molecule has 1 aromatic rings. The monoisotopic (exact) mass is 322 g/mol. The molecule has 0 spiro atoms. The van der Waals surface area contributed by atoms with Crippen LogP contribution < -0.4 is 11.1 Å². The molecule has 0 bridgehead atoms. The average molecular weight is 323 g/mol. The topological polar surface area (TPSA) is 77.0 Å². The van der Waals surface area contributed by atoms with Gasteiger partial charge in [0, 0.05) is 0 Å². The lowest BCUT2D eigenvalue weighted by atomic mass is 9.90. The first-order chi connectivity index (χ1) is 8.62. The van der Waals surface area contributed by atoms with E-state index in [0.29, 0.717) is 11.7 Å². The average Bonchev–Trinajstić information content (AvgIpc) is 2.99. The maximum Gasteiger partial charge on any atom is 0.246 e. The van der Waals surface area contributed by atoms with Gasteiger partial charge in [0.1, 0.15) is 0 Å². The Hall–Kier alpha value is -0.360. The summed E-state index contributed by atoms with van der Waals surface area (Å²) in [7, 11) is 0. The Balaban J connectivity index is 0.000001000. The number of piperidine rings is 1. The number of halogens is 2. The largest absolute Gasteiger partial charge is 0.337 e. The smallest absolute Gasteiger partial charge is 0.246 e. The highest BCUT2D eigenvalue weighted by Gasteiger charge is 2.39. The van der Waals surface area contributed by atoms with Crippen molar-refractivity contribution in [2.45, 2.75) is 62.9 Å². The highest BCUT2D eigenvalue weighted by atomic mass is 35.5. The first-order valence-electron chi connectivity index (χ1n) is 7.01. The van der Waals surface area contributed by atoms with Crippen molar-refractivity contribution in [3.63, 3.8) is 0 Å². The minimum Gasteiger partial charge on any atom is -0.337 e. The zero-order valence-electron chi connectivity index (χ0n) is 11.9. The molecule has 3 N–H and O–H groups in total. The SMILES string of the molecule is CC1(c2nc(C3(N)CCCC3)no2)CCCCN1.Cl.Cl. The second-order valence-corrected chi connectivity index (χ2v) is 6.00. The first-order valence-corrected chi connectivity index (χ1v) is 7.01. The lowest BCUT2D eigenvalue weighted by Crippen LogP contribution is -2.43. The zero-order chi connectivity index (χ0) is 12.6. The third-order valence-electron chi connectivity index (χ3n) is 4.46. The second-order valence-electron chi connectivity index (χ2n) is 6.00. The summed E-state index contributed by atoms with van der Waals surface area (Å²) in [6.45, 7) is 3.16. The number of nitrogens with one attached hydrogen (secondary N) is 1. The van der Waals surface area contributed by atoms with E-state index in [1.807, 2.05) is 0 Å². The van der Waals surface area contributed by atoms with Gasteiger partial charge in [-0.25, -0.2) is 0 Å². The van der Waals surface area contributed by atoms with Crippen molar-refractivity contribution in [3.05, 3.63) is 11.7 Å². The Bertz CT molecular complexity index is 426. The Labute approximate surface area is 132 Å². The predicted molar refractivity (Wildman–Crippen MR) is 82.3 cm³/mol. The minimum absolute atomic E-state index is 0. The van der Waals surface area contributed by atoms with Gasteiger partial charge < -0.3 is 15.6 Å². The van der Waals surface area contributed by atoms with Gasteiger partial charge >= 0.3 is 0 Å². The van der Waals surface area contributed by atoms with Gasteiger partial charge in [0.25, 0.3) is 0 Å². The number of rotatable bonds is 2. The fourth-order valence-corrected chi connectivity index (χ4v) is 3.12. The zero-order valence-corrected chi connectivity index (χ0v) is 13.5. The fourth-order valence-electron chi connectivity index (χ4n) is 3.12. The molecule has 3 rings (SSSR count). The predicted octanol–water partition coefficient (Wildman–Crippen LogP) is 2.63. The van der Waals surface area contributed by atoms with E-state index in [9.17, 15) is 0 Å². The van der Waals surface area contributed by atoms with Crippen LogP contribution in [-0.2, 0) is 11.1 Å². The van der Waals surface area contributed by atoms with Crippen molar-refractivity contribution in [3.8, 4) is 0 Å². The number of hydrogen-bond donors (Lipinski definition) is 2. The highest BCUT2D eigenvalue weighted by Crippen LogP contribution is 2.36. The number of nitrogens with two attached hydrogens (primary N) is 1. The summed E-state index contributed by atoms with van der Waals surface area (Å²) >= 11 is 0. The van der Waals surface area contributed by atoms with Gasteiger partial charge in [-0.1, -0.05) is 18.0 Å². The van der Waals surface area contributed by atoms with Crippen molar-refractivity contribution in [1.29, 1.82) is 0 Å². The quantitative estimate of drug-likeness (QED) is 0.875. The van der Waals surface area contributed by atoms with Crippen LogP contribution in [0.4, 0.5) is 0 Å². The molecule has 20 heavy (non-hydrogen) atoms. The molecular weight excluding hydrogens is 299 g/mol. The molecule has 5 nitrogen and oxygen atoms in total. The molecule has 1 unspecified atom stereocenters. The van der Waals surface area contributed by atoms with Crippen LogP contribution in [0.25, 0.3) is 0 Å². The van der Waals surface area contributed by atoms with E-state index >= 15 is 0 Å². The molecule has 1 saturated carbocycles. The number of hydrogen-bond acceptors (Lipinski definition) is 5. The lowest BCUT2D eigenvalue weighted by molar-refractivity contribution is 0.206. The fraction of sp³-hybridized carbons (Fsp3) is 0.846. The Kier molecular flexibility index (Phi) is 5.84. The third kappa shape index (κ3) is 3.11. The maximum absolute atomic E-state index is 6.36. The van der Waals surface area contributed by atoms with E-state index < -0.39 is 0 Å². The number of nitrogens with zero attached hydrogens (tertiary/aromatic N) is 2. The summed E-state index contributed by atoms with van der Waals surface area (Å²) in [5.41, 5.74) is 5.84. The van der Waals surface area contributed by atoms with Crippen LogP contribution in [0.1, 0.15) is 63.6 Å². The minimum atomic E-state index is -0.354. The van der Waals surface area contributed by atoms with Crippen LogP contribution in [0.5, 0.6) is 0 Å². The summed E-state index contributed by atoms with van der Waals surface area (Å²) in [6, 6.07) is 0.